The molecule has 0 aromatic heterocycles. The Morgan fingerprint density at radius 1 is 1.22 bits per heavy atom. The largest absolute Gasteiger partial charge is 0.497 e. The third-order valence-corrected chi connectivity index (χ3v) is 6.12. The van der Waals surface area contributed by atoms with Crippen LogP contribution in [0.5, 0.6) is 11.5 Å². The van der Waals surface area contributed by atoms with Gasteiger partial charge in [0.1, 0.15) is 24.2 Å². The van der Waals surface area contributed by atoms with E-state index in [1.807, 2.05) is 62.4 Å². The van der Waals surface area contributed by atoms with Crippen LogP contribution >= 0.6 is 0 Å². The van der Waals surface area contributed by atoms with E-state index in [2.05, 4.69) is 20.8 Å². The highest BCUT2D eigenvalue weighted by atomic mass is 16.5. The molecule has 1 saturated heterocycles. The van der Waals surface area contributed by atoms with Crippen LogP contribution in [0, 0.1) is 6.92 Å². The summed E-state index contributed by atoms with van der Waals surface area (Å²) in [5, 5.41) is 17.5. The van der Waals surface area contributed by atoms with Gasteiger partial charge in [0.05, 0.1) is 19.4 Å². The molecule has 2 aromatic rings. The van der Waals surface area contributed by atoms with E-state index in [-0.39, 0.29) is 19.1 Å². The Kier molecular flexibility index (Phi) is 7.39. The molecule has 0 aliphatic carbocycles. The molecule has 4 rings (SSSR count). The van der Waals surface area contributed by atoms with E-state index in [4.69, 9.17) is 9.47 Å². The molecule has 11 nitrogen and oxygen atoms in total. The molecule has 11 heteroatoms. The number of benzene rings is 2. The zero-order valence-electron chi connectivity index (χ0n) is 20.6. The third kappa shape index (κ3) is 5.25. The van der Waals surface area contributed by atoms with E-state index in [1.165, 1.54) is 4.90 Å². The lowest BCUT2D eigenvalue weighted by Crippen LogP contribution is -2.64. The fraction of sp³-hybridized carbons (Fsp3) is 0.360. The smallest absolute Gasteiger partial charge is 0.325 e. The second-order valence-electron chi connectivity index (χ2n) is 8.64. The van der Waals surface area contributed by atoms with Crippen LogP contribution in [0.3, 0.4) is 0 Å². The number of carbonyl (C=O) groups is 2. The van der Waals surface area contributed by atoms with Crippen molar-refractivity contribution in [3.63, 3.8) is 0 Å². The number of hydrogen-bond acceptors (Lipinski definition) is 9. The van der Waals surface area contributed by atoms with E-state index in [1.54, 1.807) is 19.1 Å². The van der Waals surface area contributed by atoms with Crippen LogP contribution in [0.1, 0.15) is 18.1 Å². The predicted octanol–water partition coefficient (Wildman–Crippen LogP) is 1.31. The molecule has 0 bridgehead atoms. The van der Waals surface area contributed by atoms with Gasteiger partial charge < -0.3 is 24.4 Å². The zero-order valence-corrected chi connectivity index (χ0v) is 20.6. The number of aliphatic hydroxyl groups excluding tert-OH is 1. The Morgan fingerprint density at radius 2 is 1.94 bits per heavy atom. The summed E-state index contributed by atoms with van der Waals surface area (Å²) in [6.45, 7) is 3.79. The fourth-order valence-electron chi connectivity index (χ4n) is 4.03. The van der Waals surface area contributed by atoms with Crippen LogP contribution in [0.4, 0.5) is 4.79 Å². The van der Waals surface area contributed by atoms with Crippen molar-refractivity contribution in [1.29, 1.82) is 0 Å². The minimum absolute atomic E-state index is 0.0105. The highest BCUT2D eigenvalue weighted by Crippen LogP contribution is 2.24. The SMILES string of the molecule is COc1ccc(/C(C)=N/NC2=NC3C(C(=O)NC(=O)N3C)N2CC(O)COc2ccccc2C)cc1. The van der Waals surface area contributed by atoms with E-state index in [9.17, 15) is 14.7 Å². The zero-order chi connectivity index (χ0) is 25.8. The number of nitrogens with zero attached hydrogens (tertiary/aromatic N) is 4. The average molecular weight is 495 g/mol. The second-order valence-corrected chi connectivity index (χ2v) is 8.64. The number of fused-ring (bicyclic) bond motifs is 1. The van der Waals surface area contributed by atoms with Gasteiger partial charge in [0.25, 0.3) is 5.91 Å². The number of aliphatic hydroxyl groups is 1. The van der Waals surface area contributed by atoms with E-state index in [0.29, 0.717) is 11.5 Å². The molecule has 190 valence electrons. The molecule has 1 fully saturated rings. The lowest BCUT2D eigenvalue weighted by Gasteiger charge is -2.36. The van der Waals surface area contributed by atoms with Gasteiger partial charge in [-0.25, -0.2) is 15.2 Å². The first-order valence-electron chi connectivity index (χ1n) is 11.5. The quantitative estimate of drug-likeness (QED) is 0.373. The number of carbonyl (C=O) groups excluding carboxylic acids is 2. The number of aryl methyl sites for hydroxylation is 1. The molecule has 3 N–H and O–H groups in total. The molecule has 3 amide bonds. The molecule has 0 saturated carbocycles. The summed E-state index contributed by atoms with van der Waals surface area (Å²) in [5.41, 5.74) is 5.41. The molecule has 3 atom stereocenters. The number of aliphatic imine (C=N–C) groups is 1. The van der Waals surface area contributed by atoms with E-state index in [0.717, 1.165) is 16.9 Å². The molecule has 2 aromatic carbocycles. The Balaban J connectivity index is 1.51. The number of methoxy groups -OCH3 is 1. The van der Waals surface area contributed by atoms with E-state index < -0.39 is 30.2 Å². The van der Waals surface area contributed by atoms with Crippen LogP contribution in [0.2, 0.25) is 0 Å². The number of amides is 3. The first-order chi connectivity index (χ1) is 17.3. The maximum atomic E-state index is 12.8. The number of imide groups is 1. The Hall–Kier alpha value is -4.12. The molecule has 0 radical (unpaired) electrons. The molecular formula is C25H30N6O5. The molecule has 36 heavy (non-hydrogen) atoms. The summed E-state index contributed by atoms with van der Waals surface area (Å²) in [6.07, 6.45) is -1.70. The van der Waals surface area contributed by atoms with Crippen LogP contribution < -0.4 is 20.2 Å². The monoisotopic (exact) mass is 494 g/mol. The normalized spacial score (nSPS) is 20.5. The number of hydrazone groups is 1. The van der Waals surface area contributed by atoms with Gasteiger partial charge in [0.2, 0.25) is 5.96 Å². The van der Waals surface area contributed by atoms with Crippen molar-refractivity contribution < 1.29 is 24.2 Å². The predicted molar refractivity (Wildman–Crippen MR) is 134 cm³/mol. The van der Waals surface area contributed by atoms with Crippen molar-refractivity contribution in [1.82, 2.24) is 20.5 Å². The summed E-state index contributed by atoms with van der Waals surface area (Å²) in [7, 11) is 3.16. The standard InChI is InChI=1S/C25H30N6O5/c1-15-7-5-6-8-20(15)36-14-18(32)13-31-21-22(30(3)25(34)27-23(21)33)26-24(31)29-28-16(2)17-9-11-19(35-4)12-10-17/h5-12,18,21-22,32H,13-14H2,1-4H3,(H,26,29)(H,27,33,34)/b28-16+. The van der Waals surface area contributed by atoms with Crippen molar-refractivity contribution in [3.05, 3.63) is 59.7 Å². The van der Waals surface area contributed by atoms with Crippen molar-refractivity contribution >= 4 is 23.6 Å². The second kappa shape index (κ2) is 10.6. The number of nitrogens with one attached hydrogen (secondary N) is 2. The van der Waals surface area contributed by atoms with E-state index >= 15 is 0 Å². The third-order valence-electron chi connectivity index (χ3n) is 6.12. The van der Waals surface area contributed by atoms with Crippen molar-refractivity contribution in [2.45, 2.75) is 32.2 Å². The number of β-amino-alcohol motifs (C(OH)–C–C–N with tert-alkyl or cyclic N) is 1. The summed E-state index contributed by atoms with van der Waals surface area (Å²) in [6, 6.07) is 13.6. The highest BCUT2D eigenvalue weighted by Gasteiger charge is 2.49. The maximum Gasteiger partial charge on any atom is 0.325 e. The number of guanidine groups is 1. The Labute approximate surface area is 209 Å². The van der Waals surface area contributed by atoms with Gasteiger partial charge in [-0.3, -0.25) is 10.1 Å². The first kappa shape index (κ1) is 25.0. The average Bonchev–Trinajstić information content (AvgIpc) is 3.24. The lowest BCUT2D eigenvalue weighted by atomic mass is 10.1. The number of likely N-dealkylation sites (N-methyl/N-ethyl adjacent to an activating group) is 1. The molecular weight excluding hydrogens is 464 g/mol. The highest BCUT2D eigenvalue weighted by molar-refractivity contribution is 6.04. The molecule has 2 aliphatic heterocycles. The van der Waals surface area contributed by atoms with Gasteiger partial charge >= 0.3 is 6.03 Å². The van der Waals surface area contributed by atoms with Gasteiger partial charge in [-0.2, -0.15) is 5.10 Å². The van der Waals surface area contributed by atoms with Crippen molar-refractivity contribution in [3.8, 4) is 11.5 Å². The van der Waals surface area contributed by atoms with Gasteiger partial charge in [-0.1, -0.05) is 18.2 Å². The van der Waals surface area contributed by atoms with Crippen LogP contribution in [-0.2, 0) is 4.79 Å². The summed E-state index contributed by atoms with van der Waals surface area (Å²) >= 11 is 0. The first-order valence-corrected chi connectivity index (χ1v) is 11.5. The summed E-state index contributed by atoms with van der Waals surface area (Å²) in [4.78, 5) is 32.4. The molecule has 2 aliphatic rings. The number of rotatable bonds is 8. The molecule has 0 spiro atoms. The van der Waals surface area contributed by atoms with Crippen LogP contribution in [0.15, 0.2) is 58.6 Å². The van der Waals surface area contributed by atoms with Gasteiger partial charge in [-0.15, -0.1) is 0 Å². The van der Waals surface area contributed by atoms with Crippen molar-refractivity contribution in [2.24, 2.45) is 10.1 Å². The number of urea groups is 1. The van der Waals surface area contributed by atoms with Crippen LogP contribution in [-0.4, -0.2) is 84.1 Å². The van der Waals surface area contributed by atoms with Gasteiger partial charge in [0, 0.05) is 7.05 Å². The summed E-state index contributed by atoms with van der Waals surface area (Å²) < 4.78 is 11.0. The lowest BCUT2D eigenvalue weighted by molar-refractivity contribution is -0.127. The maximum absolute atomic E-state index is 12.8. The van der Waals surface area contributed by atoms with Gasteiger partial charge in [0.15, 0.2) is 12.2 Å². The molecule has 3 unspecified atom stereocenters. The minimum Gasteiger partial charge on any atom is -0.497 e. The fourth-order valence-corrected chi connectivity index (χ4v) is 4.03. The Bertz CT molecular complexity index is 1180. The molecule has 2 heterocycles. The van der Waals surface area contributed by atoms with Crippen molar-refractivity contribution in [2.75, 3.05) is 27.3 Å². The topological polar surface area (TPSA) is 128 Å². The van der Waals surface area contributed by atoms with Gasteiger partial charge in [-0.05, 0) is 55.3 Å². The number of ether oxygens (including phenoxy) is 2. The summed E-state index contributed by atoms with van der Waals surface area (Å²) in [5.74, 6) is 1.18. The van der Waals surface area contributed by atoms with Crippen LogP contribution in [0.25, 0.3) is 0 Å². The number of hydrogen-bond donors (Lipinski definition) is 3. The Morgan fingerprint density at radius 3 is 2.64 bits per heavy atom. The minimum atomic E-state index is -0.947. The number of para-hydroxylation sites is 1.